The molecule has 1 aliphatic rings. The molecule has 0 bridgehead atoms. The first kappa shape index (κ1) is 12.0. The third-order valence-corrected chi connectivity index (χ3v) is 3.52. The molecule has 0 spiro atoms. The van der Waals surface area contributed by atoms with Crippen LogP contribution in [0.15, 0.2) is 24.5 Å². The summed E-state index contributed by atoms with van der Waals surface area (Å²) in [6, 6.07) is 3.88. The van der Waals surface area contributed by atoms with Gasteiger partial charge in [-0.2, -0.15) is 0 Å². The van der Waals surface area contributed by atoms with Crippen molar-refractivity contribution in [3.63, 3.8) is 0 Å². The molecule has 17 heavy (non-hydrogen) atoms. The summed E-state index contributed by atoms with van der Waals surface area (Å²) in [5.74, 6) is -0.00450. The highest BCUT2D eigenvalue weighted by atomic mass is 16.3. The molecule has 4 nitrogen and oxygen atoms in total. The lowest BCUT2D eigenvalue weighted by Gasteiger charge is -2.38. The maximum Gasteiger partial charge on any atom is 0.228 e. The second kappa shape index (κ2) is 5.27. The standard InChI is InChI=1S/C13H18N2O2/c16-10-13(5-2-6-13)12(17)15-8-4-11-3-1-7-14-9-11/h1,3,7,9,16H,2,4-6,8,10H2,(H,15,17). The molecular weight excluding hydrogens is 216 g/mol. The van der Waals surface area contributed by atoms with Crippen LogP contribution in [0.4, 0.5) is 0 Å². The normalized spacial score (nSPS) is 17.2. The monoisotopic (exact) mass is 234 g/mol. The SMILES string of the molecule is O=C(NCCc1cccnc1)C1(CO)CCC1. The number of aliphatic hydroxyl groups is 1. The van der Waals surface area contributed by atoms with Crippen LogP contribution >= 0.6 is 0 Å². The van der Waals surface area contributed by atoms with E-state index in [2.05, 4.69) is 10.3 Å². The number of amides is 1. The Kier molecular flexibility index (Phi) is 3.74. The summed E-state index contributed by atoms with van der Waals surface area (Å²) in [6.45, 7) is 0.567. The van der Waals surface area contributed by atoms with Gasteiger partial charge in [-0.15, -0.1) is 0 Å². The van der Waals surface area contributed by atoms with Gasteiger partial charge in [-0.25, -0.2) is 0 Å². The molecule has 1 aliphatic carbocycles. The number of nitrogens with one attached hydrogen (secondary N) is 1. The van der Waals surface area contributed by atoms with Crippen molar-refractivity contribution in [2.45, 2.75) is 25.7 Å². The molecule has 1 heterocycles. The highest BCUT2D eigenvalue weighted by Gasteiger charge is 2.43. The minimum absolute atomic E-state index is 0.00450. The van der Waals surface area contributed by atoms with Gasteiger partial charge in [-0.1, -0.05) is 12.5 Å². The molecule has 0 radical (unpaired) electrons. The number of nitrogens with zero attached hydrogens (tertiary/aromatic N) is 1. The first-order chi connectivity index (χ1) is 8.27. The number of aromatic nitrogens is 1. The number of hydrogen-bond donors (Lipinski definition) is 2. The lowest BCUT2D eigenvalue weighted by molar-refractivity contribution is -0.139. The lowest BCUT2D eigenvalue weighted by atomic mass is 9.68. The van der Waals surface area contributed by atoms with Crippen molar-refractivity contribution in [1.29, 1.82) is 0 Å². The molecule has 1 saturated carbocycles. The Morgan fingerprint density at radius 2 is 2.35 bits per heavy atom. The van der Waals surface area contributed by atoms with Crippen LogP contribution in [0, 0.1) is 5.41 Å². The third-order valence-electron chi connectivity index (χ3n) is 3.52. The molecule has 0 atom stereocenters. The molecule has 4 heteroatoms. The van der Waals surface area contributed by atoms with Gasteiger partial charge in [0.1, 0.15) is 0 Å². The van der Waals surface area contributed by atoms with Crippen LogP contribution in [0.5, 0.6) is 0 Å². The molecule has 0 aliphatic heterocycles. The number of carbonyl (C=O) groups is 1. The molecule has 1 aromatic rings. The molecule has 1 fully saturated rings. The van der Waals surface area contributed by atoms with E-state index in [0.717, 1.165) is 31.2 Å². The largest absolute Gasteiger partial charge is 0.395 e. The zero-order chi connectivity index (χ0) is 12.1. The molecule has 2 rings (SSSR count). The van der Waals surface area contributed by atoms with E-state index in [1.807, 2.05) is 12.1 Å². The minimum atomic E-state index is -0.491. The fraction of sp³-hybridized carbons (Fsp3) is 0.538. The van der Waals surface area contributed by atoms with Gasteiger partial charge in [-0.3, -0.25) is 9.78 Å². The summed E-state index contributed by atoms with van der Waals surface area (Å²) in [4.78, 5) is 15.9. The highest BCUT2D eigenvalue weighted by Crippen LogP contribution is 2.40. The van der Waals surface area contributed by atoms with Gasteiger partial charge < -0.3 is 10.4 Å². The van der Waals surface area contributed by atoms with E-state index in [1.54, 1.807) is 12.4 Å². The average Bonchev–Trinajstić information content (AvgIpc) is 2.30. The van der Waals surface area contributed by atoms with E-state index in [4.69, 9.17) is 0 Å². The molecule has 1 amide bonds. The second-order valence-electron chi connectivity index (χ2n) is 4.66. The Morgan fingerprint density at radius 1 is 1.53 bits per heavy atom. The molecule has 2 N–H and O–H groups in total. The Morgan fingerprint density at radius 3 is 2.88 bits per heavy atom. The van der Waals surface area contributed by atoms with E-state index in [9.17, 15) is 9.90 Å². The van der Waals surface area contributed by atoms with Crippen LogP contribution in [0.1, 0.15) is 24.8 Å². The fourth-order valence-electron chi connectivity index (χ4n) is 2.11. The Labute approximate surface area is 101 Å². The first-order valence-electron chi connectivity index (χ1n) is 6.05. The lowest BCUT2D eigenvalue weighted by Crippen LogP contribution is -2.48. The quantitative estimate of drug-likeness (QED) is 0.795. The molecule has 1 aromatic heterocycles. The van der Waals surface area contributed by atoms with Crippen LogP contribution in [-0.2, 0) is 11.2 Å². The second-order valence-corrected chi connectivity index (χ2v) is 4.66. The topological polar surface area (TPSA) is 62.2 Å². The summed E-state index contributed by atoms with van der Waals surface area (Å²) in [5.41, 5.74) is 0.619. The number of pyridine rings is 1. The van der Waals surface area contributed by atoms with Crippen molar-refractivity contribution in [2.75, 3.05) is 13.2 Å². The van der Waals surface area contributed by atoms with Crippen LogP contribution in [0.2, 0.25) is 0 Å². The van der Waals surface area contributed by atoms with Gasteiger partial charge in [0.25, 0.3) is 0 Å². The molecular formula is C13H18N2O2. The number of aliphatic hydroxyl groups excluding tert-OH is 1. The van der Waals surface area contributed by atoms with Crippen molar-refractivity contribution in [1.82, 2.24) is 10.3 Å². The van der Waals surface area contributed by atoms with E-state index in [0.29, 0.717) is 6.54 Å². The predicted molar refractivity (Wildman–Crippen MR) is 64.3 cm³/mol. The Balaban J connectivity index is 1.77. The van der Waals surface area contributed by atoms with Crippen molar-refractivity contribution in [3.05, 3.63) is 30.1 Å². The summed E-state index contributed by atoms with van der Waals surface area (Å²) < 4.78 is 0. The summed E-state index contributed by atoms with van der Waals surface area (Å²) in [7, 11) is 0. The number of rotatable bonds is 5. The van der Waals surface area contributed by atoms with E-state index < -0.39 is 5.41 Å². The van der Waals surface area contributed by atoms with Gasteiger partial charge in [0.15, 0.2) is 0 Å². The van der Waals surface area contributed by atoms with Crippen LogP contribution in [0.3, 0.4) is 0 Å². The maximum atomic E-state index is 11.9. The van der Waals surface area contributed by atoms with Crippen LogP contribution in [0.25, 0.3) is 0 Å². The zero-order valence-electron chi connectivity index (χ0n) is 9.85. The molecule has 92 valence electrons. The van der Waals surface area contributed by atoms with Crippen molar-refractivity contribution < 1.29 is 9.90 Å². The zero-order valence-corrected chi connectivity index (χ0v) is 9.85. The van der Waals surface area contributed by atoms with Gasteiger partial charge >= 0.3 is 0 Å². The van der Waals surface area contributed by atoms with Gasteiger partial charge in [-0.05, 0) is 30.9 Å². The smallest absolute Gasteiger partial charge is 0.228 e. The average molecular weight is 234 g/mol. The molecule has 0 unspecified atom stereocenters. The van der Waals surface area contributed by atoms with Crippen LogP contribution < -0.4 is 5.32 Å². The van der Waals surface area contributed by atoms with Crippen molar-refractivity contribution >= 4 is 5.91 Å². The summed E-state index contributed by atoms with van der Waals surface area (Å²) in [5, 5.41) is 12.2. The fourth-order valence-corrected chi connectivity index (χ4v) is 2.11. The van der Waals surface area contributed by atoms with Crippen molar-refractivity contribution in [3.8, 4) is 0 Å². The first-order valence-corrected chi connectivity index (χ1v) is 6.05. The number of hydrogen-bond acceptors (Lipinski definition) is 3. The van der Waals surface area contributed by atoms with E-state index in [1.165, 1.54) is 0 Å². The van der Waals surface area contributed by atoms with Crippen molar-refractivity contribution in [2.24, 2.45) is 5.41 Å². The minimum Gasteiger partial charge on any atom is -0.395 e. The predicted octanol–water partition coefficient (Wildman–Crippen LogP) is 0.903. The van der Waals surface area contributed by atoms with Gasteiger partial charge in [0.05, 0.1) is 12.0 Å². The van der Waals surface area contributed by atoms with E-state index >= 15 is 0 Å². The van der Waals surface area contributed by atoms with E-state index in [-0.39, 0.29) is 12.5 Å². The Bertz CT molecular complexity index is 369. The van der Waals surface area contributed by atoms with Gasteiger partial charge in [0.2, 0.25) is 5.91 Å². The van der Waals surface area contributed by atoms with Gasteiger partial charge in [0, 0.05) is 18.9 Å². The Hall–Kier alpha value is -1.42. The number of carbonyl (C=O) groups excluding carboxylic acids is 1. The van der Waals surface area contributed by atoms with Crippen LogP contribution in [-0.4, -0.2) is 29.1 Å². The molecule has 0 aromatic carbocycles. The summed E-state index contributed by atoms with van der Waals surface area (Å²) >= 11 is 0. The molecule has 0 saturated heterocycles. The highest BCUT2D eigenvalue weighted by molar-refractivity contribution is 5.83. The maximum absolute atomic E-state index is 11.9. The third kappa shape index (κ3) is 2.64. The summed E-state index contributed by atoms with van der Waals surface area (Å²) in [6.07, 6.45) is 6.97.